The van der Waals surface area contributed by atoms with Crippen LogP contribution in [0.2, 0.25) is 0 Å². The molecule has 0 spiro atoms. The molecule has 0 bridgehead atoms. The standard InChI is InChI=1S/C6H11NO4S/c1-5-2-7(3-6(8)9)12(10,11)4-5/h5H,2-4H2,1H3,(H,8,9). The molecule has 0 saturated carbocycles. The molecule has 1 heterocycles. The molecule has 1 atom stereocenters. The van der Waals surface area contributed by atoms with Gasteiger partial charge in [-0.15, -0.1) is 0 Å². The Morgan fingerprint density at radius 3 is 2.58 bits per heavy atom. The van der Waals surface area contributed by atoms with Crippen LogP contribution in [0.4, 0.5) is 0 Å². The maximum absolute atomic E-state index is 11.2. The molecule has 1 aliphatic heterocycles. The maximum atomic E-state index is 11.2. The van der Waals surface area contributed by atoms with Gasteiger partial charge in [0.2, 0.25) is 10.0 Å². The molecule has 1 saturated heterocycles. The molecular weight excluding hydrogens is 182 g/mol. The van der Waals surface area contributed by atoms with E-state index in [4.69, 9.17) is 5.11 Å². The quantitative estimate of drug-likeness (QED) is 0.632. The van der Waals surface area contributed by atoms with Gasteiger partial charge >= 0.3 is 5.97 Å². The number of carboxylic acid groups (broad SMARTS) is 1. The van der Waals surface area contributed by atoms with Gasteiger partial charge in [-0.25, -0.2) is 8.42 Å². The van der Waals surface area contributed by atoms with Crippen molar-refractivity contribution in [3.8, 4) is 0 Å². The van der Waals surface area contributed by atoms with Crippen LogP contribution in [-0.2, 0) is 14.8 Å². The second kappa shape index (κ2) is 3.02. The highest BCUT2D eigenvalue weighted by atomic mass is 32.2. The van der Waals surface area contributed by atoms with Crippen LogP contribution in [0.25, 0.3) is 0 Å². The van der Waals surface area contributed by atoms with Crippen LogP contribution >= 0.6 is 0 Å². The van der Waals surface area contributed by atoms with Crippen molar-refractivity contribution in [3.63, 3.8) is 0 Å². The lowest BCUT2D eigenvalue weighted by Gasteiger charge is -2.10. The number of nitrogens with zero attached hydrogens (tertiary/aromatic N) is 1. The summed E-state index contributed by atoms with van der Waals surface area (Å²) in [4.78, 5) is 10.2. The second-order valence-electron chi connectivity index (χ2n) is 3.07. The minimum Gasteiger partial charge on any atom is -0.480 e. The second-order valence-corrected chi connectivity index (χ2v) is 5.08. The fourth-order valence-electron chi connectivity index (χ4n) is 1.29. The summed E-state index contributed by atoms with van der Waals surface area (Å²) in [5.41, 5.74) is 0. The van der Waals surface area contributed by atoms with Gasteiger partial charge in [0.1, 0.15) is 6.54 Å². The Kier molecular flexibility index (Phi) is 2.39. The SMILES string of the molecule is CC1CN(CC(=O)O)S(=O)(=O)C1. The summed E-state index contributed by atoms with van der Waals surface area (Å²) in [6.07, 6.45) is 0. The van der Waals surface area contributed by atoms with Gasteiger partial charge in [-0.3, -0.25) is 4.79 Å². The fourth-order valence-corrected chi connectivity index (χ4v) is 3.12. The summed E-state index contributed by atoms with van der Waals surface area (Å²) in [6.45, 7) is 1.71. The number of carboxylic acids is 1. The minimum atomic E-state index is -3.28. The third-order valence-corrected chi connectivity index (χ3v) is 3.77. The summed E-state index contributed by atoms with van der Waals surface area (Å²) in [7, 11) is -3.28. The molecule has 0 aromatic rings. The molecule has 5 nitrogen and oxygen atoms in total. The van der Waals surface area contributed by atoms with E-state index < -0.39 is 22.5 Å². The number of hydrogen-bond acceptors (Lipinski definition) is 3. The van der Waals surface area contributed by atoms with Crippen LogP contribution in [0.15, 0.2) is 0 Å². The Balaban J connectivity index is 2.72. The van der Waals surface area contributed by atoms with Gasteiger partial charge in [-0.1, -0.05) is 6.92 Å². The van der Waals surface area contributed by atoms with E-state index in [0.717, 1.165) is 4.31 Å². The van der Waals surface area contributed by atoms with E-state index in [2.05, 4.69) is 0 Å². The highest BCUT2D eigenvalue weighted by Gasteiger charge is 2.34. The molecule has 0 aliphatic carbocycles. The minimum absolute atomic E-state index is 0.0364. The van der Waals surface area contributed by atoms with Gasteiger partial charge in [-0.2, -0.15) is 4.31 Å². The summed E-state index contributed by atoms with van der Waals surface area (Å²) in [5, 5.41) is 8.39. The number of carbonyl (C=O) groups is 1. The van der Waals surface area contributed by atoms with Crippen molar-refractivity contribution in [1.82, 2.24) is 4.31 Å². The Morgan fingerprint density at radius 2 is 2.25 bits per heavy atom. The lowest BCUT2D eigenvalue weighted by molar-refractivity contribution is -0.137. The summed E-state index contributed by atoms with van der Waals surface area (Å²) in [5.74, 6) is -0.998. The largest absolute Gasteiger partial charge is 0.480 e. The molecule has 1 fully saturated rings. The smallest absolute Gasteiger partial charge is 0.318 e. The molecule has 0 radical (unpaired) electrons. The first-order valence-electron chi connectivity index (χ1n) is 3.61. The van der Waals surface area contributed by atoms with Gasteiger partial charge in [0, 0.05) is 6.54 Å². The molecule has 12 heavy (non-hydrogen) atoms. The van der Waals surface area contributed by atoms with Crippen LogP contribution < -0.4 is 0 Å². The lowest BCUT2D eigenvalue weighted by atomic mass is 10.2. The summed E-state index contributed by atoms with van der Waals surface area (Å²) in [6, 6.07) is 0. The van der Waals surface area contributed by atoms with E-state index in [1.165, 1.54) is 0 Å². The Labute approximate surface area is 71.0 Å². The van der Waals surface area contributed by atoms with Crippen molar-refractivity contribution in [2.45, 2.75) is 6.92 Å². The average molecular weight is 193 g/mol. The third-order valence-electron chi connectivity index (χ3n) is 1.72. The molecule has 70 valence electrons. The van der Waals surface area contributed by atoms with E-state index in [0.29, 0.717) is 6.54 Å². The highest BCUT2D eigenvalue weighted by Crippen LogP contribution is 2.17. The van der Waals surface area contributed by atoms with E-state index >= 15 is 0 Å². The number of hydrogen-bond donors (Lipinski definition) is 1. The molecule has 0 aromatic heterocycles. The zero-order valence-electron chi connectivity index (χ0n) is 6.73. The first-order chi connectivity index (χ1) is 5.42. The molecular formula is C6H11NO4S. The number of rotatable bonds is 2. The van der Waals surface area contributed by atoms with Gasteiger partial charge < -0.3 is 5.11 Å². The highest BCUT2D eigenvalue weighted by molar-refractivity contribution is 7.89. The van der Waals surface area contributed by atoms with Crippen molar-refractivity contribution >= 4 is 16.0 Å². The molecule has 6 heteroatoms. The summed E-state index contributed by atoms with van der Waals surface area (Å²) >= 11 is 0. The van der Waals surface area contributed by atoms with Crippen LogP contribution in [0.1, 0.15) is 6.92 Å². The summed E-state index contributed by atoms with van der Waals surface area (Å²) < 4.78 is 23.4. The zero-order valence-corrected chi connectivity index (χ0v) is 7.54. The predicted molar refractivity (Wildman–Crippen MR) is 42.2 cm³/mol. The van der Waals surface area contributed by atoms with Gasteiger partial charge in [-0.05, 0) is 5.92 Å². The normalized spacial score (nSPS) is 28.9. The van der Waals surface area contributed by atoms with Crippen LogP contribution in [0.5, 0.6) is 0 Å². The van der Waals surface area contributed by atoms with Crippen molar-refractivity contribution in [1.29, 1.82) is 0 Å². The molecule has 1 aliphatic rings. The van der Waals surface area contributed by atoms with Crippen molar-refractivity contribution in [3.05, 3.63) is 0 Å². The van der Waals surface area contributed by atoms with Crippen molar-refractivity contribution in [2.24, 2.45) is 5.92 Å². The van der Waals surface area contributed by atoms with E-state index in [-0.39, 0.29) is 11.7 Å². The van der Waals surface area contributed by atoms with Crippen LogP contribution in [0, 0.1) is 5.92 Å². The van der Waals surface area contributed by atoms with E-state index in [1.54, 1.807) is 6.92 Å². The average Bonchev–Trinajstić information content (AvgIpc) is 2.04. The molecule has 0 aromatic carbocycles. The van der Waals surface area contributed by atoms with Crippen LogP contribution in [0.3, 0.4) is 0 Å². The molecule has 1 rings (SSSR count). The van der Waals surface area contributed by atoms with Crippen LogP contribution in [-0.4, -0.2) is 42.6 Å². The third kappa shape index (κ3) is 1.95. The Bertz CT molecular complexity index is 284. The maximum Gasteiger partial charge on any atom is 0.318 e. The van der Waals surface area contributed by atoms with Gasteiger partial charge in [0.15, 0.2) is 0 Å². The number of aliphatic carboxylic acids is 1. The predicted octanol–water partition coefficient (Wildman–Crippen LogP) is -0.648. The zero-order chi connectivity index (χ0) is 9.35. The lowest BCUT2D eigenvalue weighted by Crippen LogP contribution is -2.31. The first-order valence-corrected chi connectivity index (χ1v) is 5.22. The molecule has 1 unspecified atom stereocenters. The molecule has 0 amide bonds. The van der Waals surface area contributed by atoms with Gasteiger partial charge in [0.05, 0.1) is 5.75 Å². The topological polar surface area (TPSA) is 74.7 Å². The van der Waals surface area contributed by atoms with Crippen molar-refractivity contribution < 1.29 is 18.3 Å². The molecule has 1 N–H and O–H groups in total. The first kappa shape index (κ1) is 9.47. The van der Waals surface area contributed by atoms with Gasteiger partial charge in [0.25, 0.3) is 0 Å². The fraction of sp³-hybridized carbons (Fsp3) is 0.833. The number of sulfonamides is 1. The van der Waals surface area contributed by atoms with E-state index in [1.807, 2.05) is 0 Å². The monoisotopic (exact) mass is 193 g/mol. The van der Waals surface area contributed by atoms with Crippen molar-refractivity contribution in [2.75, 3.05) is 18.8 Å². The Hall–Kier alpha value is -0.620. The Morgan fingerprint density at radius 1 is 1.67 bits per heavy atom. The van der Waals surface area contributed by atoms with E-state index in [9.17, 15) is 13.2 Å².